The lowest BCUT2D eigenvalue weighted by molar-refractivity contribution is -0.134. The van der Waals surface area contributed by atoms with Crippen molar-refractivity contribution in [2.45, 2.75) is 64.8 Å². The summed E-state index contributed by atoms with van der Waals surface area (Å²) >= 11 is 0. The molecule has 2 aliphatic rings. The third kappa shape index (κ3) is 6.27. The Labute approximate surface area is 247 Å². The molecule has 1 aromatic carbocycles. The van der Waals surface area contributed by atoms with Gasteiger partial charge in [0.2, 0.25) is 5.91 Å². The smallest absolute Gasteiger partial charge is 0.272 e. The Morgan fingerprint density at radius 2 is 1.93 bits per heavy atom. The van der Waals surface area contributed by atoms with Gasteiger partial charge in [0.25, 0.3) is 11.8 Å². The third-order valence-electron chi connectivity index (χ3n) is 8.47. The van der Waals surface area contributed by atoms with E-state index < -0.39 is 0 Å². The molecule has 1 aliphatic heterocycles. The summed E-state index contributed by atoms with van der Waals surface area (Å²) in [7, 11) is 3.47. The number of ether oxygens (including phenoxy) is 1. The number of rotatable bonds is 5. The van der Waals surface area contributed by atoms with Gasteiger partial charge in [-0.15, -0.1) is 0 Å². The highest BCUT2D eigenvalue weighted by Crippen LogP contribution is 2.29. The van der Waals surface area contributed by atoms with Crippen molar-refractivity contribution in [3.63, 3.8) is 0 Å². The number of nitrogens with zero attached hydrogens (tertiary/aromatic N) is 5. The third-order valence-corrected chi connectivity index (χ3v) is 8.47. The van der Waals surface area contributed by atoms with Crippen LogP contribution in [0.1, 0.15) is 78.2 Å². The fourth-order valence-electron chi connectivity index (χ4n) is 6.15. The lowest BCUT2D eigenvalue weighted by Gasteiger charge is -2.35. The zero-order chi connectivity index (χ0) is 29.8. The van der Waals surface area contributed by atoms with Gasteiger partial charge in [-0.05, 0) is 56.6 Å². The zero-order valence-corrected chi connectivity index (χ0v) is 25.2. The first-order valence-electron chi connectivity index (χ1n) is 15.1. The van der Waals surface area contributed by atoms with Crippen molar-refractivity contribution < 1.29 is 19.1 Å². The van der Waals surface area contributed by atoms with Gasteiger partial charge < -0.3 is 19.9 Å². The number of methoxy groups -OCH3 is 1. The maximum Gasteiger partial charge on any atom is 0.272 e. The summed E-state index contributed by atoms with van der Waals surface area (Å²) < 4.78 is 7.39. The van der Waals surface area contributed by atoms with Gasteiger partial charge in [-0.1, -0.05) is 26.0 Å². The molecule has 3 amide bonds. The van der Waals surface area contributed by atoms with Crippen LogP contribution in [0.15, 0.2) is 30.3 Å². The quantitative estimate of drug-likeness (QED) is 0.497. The van der Waals surface area contributed by atoms with Crippen molar-refractivity contribution in [2.75, 3.05) is 33.3 Å². The van der Waals surface area contributed by atoms with Crippen molar-refractivity contribution in [1.29, 1.82) is 0 Å². The first-order chi connectivity index (χ1) is 20.3. The molecule has 224 valence electrons. The SMILES string of the molecule is COc1cc(C(=O)N2CCCNC(=O)c3nn(C)c4c3CC(CC4)N(CCC(C)C)C(=O)CCC2)nc2ccccc12. The molecule has 0 spiro atoms. The number of nitrogens with one attached hydrogen (secondary N) is 1. The van der Waals surface area contributed by atoms with Crippen LogP contribution in [-0.4, -0.2) is 81.6 Å². The second-order valence-electron chi connectivity index (χ2n) is 11.8. The van der Waals surface area contributed by atoms with E-state index in [0.29, 0.717) is 80.4 Å². The van der Waals surface area contributed by atoms with Crippen molar-refractivity contribution in [2.24, 2.45) is 13.0 Å². The van der Waals surface area contributed by atoms with E-state index in [2.05, 4.69) is 29.2 Å². The maximum atomic E-state index is 13.8. The van der Waals surface area contributed by atoms with E-state index in [9.17, 15) is 14.4 Å². The zero-order valence-electron chi connectivity index (χ0n) is 25.2. The molecule has 0 saturated heterocycles. The maximum absolute atomic E-state index is 13.8. The summed E-state index contributed by atoms with van der Waals surface area (Å²) in [5.41, 5.74) is 3.46. The van der Waals surface area contributed by atoms with Crippen LogP contribution in [0, 0.1) is 5.92 Å². The number of aromatic nitrogens is 3. The van der Waals surface area contributed by atoms with Crippen LogP contribution in [0.3, 0.4) is 0 Å². The molecule has 1 aliphatic carbocycles. The number of carbonyl (C=O) groups is 3. The number of hydrogen-bond acceptors (Lipinski definition) is 6. The Balaban J connectivity index is 1.41. The molecule has 3 aromatic rings. The fraction of sp³-hybridized carbons (Fsp3) is 0.531. The van der Waals surface area contributed by atoms with E-state index >= 15 is 0 Å². The molecule has 1 N–H and O–H groups in total. The highest BCUT2D eigenvalue weighted by Gasteiger charge is 2.33. The Kier molecular flexibility index (Phi) is 9.09. The fourth-order valence-corrected chi connectivity index (χ4v) is 6.15. The van der Waals surface area contributed by atoms with E-state index in [1.165, 1.54) is 0 Å². The lowest BCUT2D eigenvalue weighted by Crippen LogP contribution is -2.45. The van der Waals surface area contributed by atoms with Crippen LogP contribution in [0.5, 0.6) is 5.75 Å². The molecule has 1 unspecified atom stereocenters. The summed E-state index contributed by atoms with van der Waals surface area (Å²) in [5.74, 6) is 0.736. The molecule has 10 heteroatoms. The number of hydrogen-bond donors (Lipinski definition) is 1. The standard InChI is InChI=1S/C32H42N6O4/c1-21(2)14-18-38-22-12-13-27-24(19-22)30(35-36(27)3)31(40)33-15-8-17-37(16-7-11-29(38)39)32(41)26-20-28(42-4)23-9-5-6-10-25(23)34-26/h5-6,9-10,20-22H,7-8,11-19H2,1-4H3,(H,33,40). The van der Waals surface area contributed by atoms with Gasteiger partial charge in [0.15, 0.2) is 5.69 Å². The van der Waals surface area contributed by atoms with Crippen LogP contribution in [0.2, 0.25) is 0 Å². The van der Waals surface area contributed by atoms with E-state index in [0.717, 1.165) is 35.9 Å². The summed E-state index contributed by atoms with van der Waals surface area (Å²) in [6.07, 6.45) is 4.65. The van der Waals surface area contributed by atoms with Gasteiger partial charge >= 0.3 is 0 Å². The van der Waals surface area contributed by atoms with Gasteiger partial charge in [-0.2, -0.15) is 5.10 Å². The first-order valence-corrected chi connectivity index (χ1v) is 15.1. The Morgan fingerprint density at radius 1 is 1.14 bits per heavy atom. The van der Waals surface area contributed by atoms with Crippen LogP contribution in [0.25, 0.3) is 10.9 Å². The predicted octanol–water partition coefficient (Wildman–Crippen LogP) is 3.77. The minimum atomic E-state index is -0.216. The molecule has 5 rings (SSSR count). The Hall–Kier alpha value is -3.95. The first kappa shape index (κ1) is 29.5. The van der Waals surface area contributed by atoms with E-state index in [1.807, 2.05) is 40.9 Å². The number of aryl methyl sites for hydroxylation is 1. The van der Waals surface area contributed by atoms with Crippen LogP contribution >= 0.6 is 0 Å². The summed E-state index contributed by atoms with van der Waals surface area (Å²) in [6.45, 7) is 6.27. The summed E-state index contributed by atoms with van der Waals surface area (Å²) in [5, 5.41) is 8.44. The van der Waals surface area contributed by atoms with Gasteiger partial charge in [0, 0.05) is 68.4 Å². The number of para-hydroxylation sites is 1. The highest BCUT2D eigenvalue weighted by molar-refractivity contribution is 5.97. The van der Waals surface area contributed by atoms with Crippen LogP contribution in [0.4, 0.5) is 0 Å². The molecule has 42 heavy (non-hydrogen) atoms. The molecule has 0 radical (unpaired) electrons. The molecule has 2 bridgehead atoms. The Morgan fingerprint density at radius 3 is 2.71 bits per heavy atom. The van der Waals surface area contributed by atoms with Gasteiger partial charge in [-0.3, -0.25) is 19.1 Å². The normalized spacial score (nSPS) is 18.5. The number of carbonyl (C=O) groups excluding carboxylic acids is 3. The van der Waals surface area contributed by atoms with Crippen molar-refractivity contribution in [3.8, 4) is 5.75 Å². The summed E-state index contributed by atoms with van der Waals surface area (Å²) in [4.78, 5) is 49.2. The Bertz CT molecular complexity index is 1460. The topological polar surface area (TPSA) is 110 Å². The average molecular weight is 575 g/mol. The monoisotopic (exact) mass is 574 g/mol. The van der Waals surface area contributed by atoms with E-state index in [1.54, 1.807) is 18.1 Å². The predicted molar refractivity (Wildman–Crippen MR) is 161 cm³/mol. The second-order valence-corrected chi connectivity index (χ2v) is 11.8. The average Bonchev–Trinajstić information content (AvgIpc) is 3.32. The molecule has 3 heterocycles. The van der Waals surface area contributed by atoms with Gasteiger partial charge in [0.05, 0.1) is 12.6 Å². The van der Waals surface area contributed by atoms with Crippen LogP contribution in [-0.2, 0) is 24.7 Å². The number of fused-ring (bicyclic) bond motifs is 2. The molecule has 0 saturated carbocycles. The molecular weight excluding hydrogens is 532 g/mol. The minimum absolute atomic E-state index is 0.0247. The molecule has 10 nitrogen and oxygen atoms in total. The summed E-state index contributed by atoms with van der Waals surface area (Å²) in [6, 6.07) is 9.28. The number of amides is 3. The number of benzene rings is 1. The van der Waals surface area contributed by atoms with Crippen molar-refractivity contribution in [3.05, 3.63) is 53.0 Å². The van der Waals surface area contributed by atoms with Crippen molar-refractivity contribution >= 4 is 28.6 Å². The van der Waals surface area contributed by atoms with Crippen molar-refractivity contribution in [1.82, 2.24) is 29.9 Å². The van der Waals surface area contributed by atoms with Crippen LogP contribution < -0.4 is 10.1 Å². The minimum Gasteiger partial charge on any atom is -0.496 e. The highest BCUT2D eigenvalue weighted by atomic mass is 16.5. The van der Waals surface area contributed by atoms with Gasteiger partial charge in [-0.25, -0.2) is 4.98 Å². The molecule has 2 aromatic heterocycles. The number of pyridine rings is 1. The van der Waals surface area contributed by atoms with E-state index in [-0.39, 0.29) is 23.8 Å². The van der Waals surface area contributed by atoms with E-state index in [4.69, 9.17) is 4.74 Å². The lowest BCUT2D eigenvalue weighted by atomic mass is 9.89. The second kappa shape index (κ2) is 12.9. The molecule has 0 fully saturated rings. The molecule has 1 atom stereocenters. The largest absolute Gasteiger partial charge is 0.496 e. The van der Waals surface area contributed by atoms with Gasteiger partial charge in [0.1, 0.15) is 11.4 Å². The molecular formula is C32H42N6O4.